The normalized spacial score (nSPS) is 31.4. The van der Waals surface area contributed by atoms with E-state index < -0.39 is 11.6 Å². The Morgan fingerprint density at radius 1 is 1.31 bits per heavy atom. The number of hydrogen-bond acceptors (Lipinski definition) is 2. The number of imide groups is 1. The van der Waals surface area contributed by atoms with Crippen molar-refractivity contribution in [1.29, 1.82) is 0 Å². The first-order valence-electron chi connectivity index (χ1n) is 5.36. The van der Waals surface area contributed by atoms with E-state index >= 15 is 0 Å². The minimum atomic E-state index is -0.840. The van der Waals surface area contributed by atoms with Gasteiger partial charge >= 0.3 is 6.03 Å². The summed E-state index contributed by atoms with van der Waals surface area (Å²) in [6.45, 7) is 1.99. The van der Waals surface area contributed by atoms with Crippen LogP contribution >= 0.6 is 0 Å². The van der Waals surface area contributed by atoms with E-state index in [0.717, 1.165) is 17.5 Å². The van der Waals surface area contributed by atoms with Crippen LogP contribution in [0.3, 0.4) is 0 Å². The van der Waals surface area contributed by atoms with Gasteiger partial charge in [-0.2, -0.15) is 0 Å². The highest BCUT2D eigenvalue weighted by molar-refractivity contribution is 6.08. The molecule has 82 valence electrons. The van der Waals surface area contributed by atoms with Gasteiger partial charge in [-0.1, -0.05) is 31.2 Å². The number of nitrogens with one attached hydrogen (secondary N) is 2. The van der Waals surface area contributed by atoms with Crippen molar-refractivity contribution in [2.24, 2.45) is 5.92 Å². The monoisotopic (exact) mass is 216 g/mol. The third-order valence-electron chi connectivity index (χ3n) is 3.60. The summed E-state index contributed by atoms with van der Waals surface area (Å²) in [6.07, 6.45) is 0.823. The molecule has 0 aromatic heterocycles. The highest BCUT2D eigenvalue weighted by Gasteiger charge is 2.55. The predicted molar refractivity (Wildman–Crippen MR) is 57.7 cm³/mol. The van der Waals surface area contributed by atoms with E-state index in [2.05, 4.69) is 10.6 Å². The molecule has 3 amide bonds. The van der Waals surface area contributed by atoms with Gasteiger partial charge in [-0.05, 0) is 23.5 Å². The molecule has 4 heteroatoms. The Morgan fingerprint density at radius 2 is 2.06 bits per heavy atom. The number of carbonyl (C=O) groups excluding carboxylic acids is 2. The van der Waals surface area contributed by atoms with Gasteiger partial charge in [0.2, 0.25) is 0 Å². The Bertz CT molecular complexity index is 498. The van der Waals surface area contributed by atoms with Crippen molar-refractivity contribution >= 4 is 11.9 Å². The number of hydrogen-bond donors (Lipinski definition) is 2. The fraction of sp³-hybridized carbons (Fsp3) is 0.333. The molecule has 1 aromatic rings. The standard InChI is InChI=1S/C12H12N2O2/c1-7-6-8-4-2-3-5-9(8)12(7)10(15)13-11(16)14-12/h2-5,7H,6H2,1H3,(H2,13,14,15,16)/t7-,12+/m1/s1. The van der Waals surface area contributed by atoms with Crippen molar-refractivity contribution in [3.05, 3.63) is 35.4 Å². The first-order chi connectivity index (χ1) is 7.64. The number of carbonyl (C=O) groups is 2. The largest absolute Gasteiger partial charge is 0.322 e. The van der Waals surface area contributed by atoms with Crippen LogP contribution in [-0.2, 0) is 16.8 Å². The minimum absolute atomic E-state index is 0.0938. The van der Waals surface area contributed by atoms with Crippen LogP contribution < -0.4 is 10.6 Å². The van der Waals surface area contributed by atoms with Crippen LogP contribution in [0, 0.1) is 5.92 Å². The quantitative estimate of drug-likeness (QED) is 0.633. The maximum absolute atomic E-state index is 12.0. The summed E-state index contributed by atoms with van der Waals surface area (Å²) in [7, 11) is 0. The number of benzene rings is 1. The molecule has 1 fully saturated rings. The van der Waals surface area contributed by atoms with E-state index in [0.29, 0.717) is 0 Å². The molecule has 1 heterocycles. The number of rotatable bonds is 0. The summed E-state index contributed by atoms with van der Waals surface area (Å²) >= 11 is 0. The molecular weight excluding hydrogens is 204 g/mol. The summed E-state index contributed by atoms with van der Waals surface area (Å²) in [4.78, 5) is 23.3. The molecule has 16 heavy (non-hydrogen) atoms. The molecule has 2 N–H and O–H groups in total. The topological polar surface area (TPSA) is 58.2 Å². The molecule has 0 unspecified atom stereocenters. The molecule has 1 aliphatic carbocycles. The highest BCUT2D eigenvalue weighted by atomic mass is 16.2. The van der Waals surface area contributed by atoms with E-state index in [9.17, 15) is 9.59 Å². The summed E-state index contributed by atoms with van der Waals surface area (Å²) in [6, 6.07) is 7.39. The molecule has 0 saturated carbocycles. The zero-order valence-corrected chi connectivity index (χ0v) is 8.91. The lowest BCUT2D eigenvalue weighted by molar-refractivity contribution is -0.125. The SMILES string of the molecule is C[C@@H]1Cc2ccccc2[C@@]12NC(=O)NC2=O. The summed E-state index contributed by atoms with van der Waals surface area (Å²) in [5.74, 6) is -0.133. The Kier molecular flexibility index (Phi) is 1.67. The van der Waals surface area contributed by atoms with Crippen molar-refractivity contribution in [2.45, 2.75) is 18.9 Å². The average Bonchev–Trinajstić information content (AvgIpc) is 2.69. The third-order valence-corrected chi connectivity index (χ3v) is 3.60. The molecule has 1 aliphatic heterocycles. The van der Waals surface area contributed by atoms with Gasteiger partial charge in [0.15, 0.2) is 0 Å². The van der Waals surface area contributed by atoms with Crippen LogP contribution in [0.4, 0.5) is 4.79 Å². The van der Waals surface area contributed by atoms with E-state index in [1.807, 2.05) is 31.2 Å². The van der Waals surface area contributed by atoms with Gasteiger partial charge in [0.1, 0.15) is 5.54 Å². The van der Waals surface area contributed by atoms with Crippen molar-refractivity contribution in [3.63, 3.8) is 0 Å². The summed E-state index contributed by atoms with van der Waals surface area (Å²) in [5, 5.41) is 5.12. The molecule has 3 rings (SSSR count). The van der Waals surface area contributed by atoms with Crippen molar-refractivity contribution in [2.75, 3.05) is 0 Å². The van der Waals surface area contributed by atoms with E-state index in [4.69, 9.17) is 0 Å². The van der Waals surface area contributed by atoms with Gasteiger partial charge in [0, 0.05) is 0 Å². The maximum atomic E-state index is 12.0. The van der Waals surface area contributed by atoms with Gasteiger partial charge in [-0.25, -0.2) is 4.79 Å². The van der Waals surface area contributed by atoms with Crippen LogP contribution in [0.15, 0.2) is 24.3 Å². The molecular formula is C12H12N2O2. The Labute approximate surface area is 93.0 Å². The van der Waals surface area contributed by atoms with Crippen LogP contribution in [0.25, 0.3) is 0 Å². The van der Waals surface area contributed by atoms with Gasteiger partial charge in [-0.3, -0.25) is 10.1 Å². The minimum Gasteiger partial charge on any atom is -0.319 e. The first kappa shape index (κ1) is 9.39. The fourth-order valence-electron chi connectivity index (χ4n) is 2.84. The van der Waals surface area contributed by atoms with Gasteiger partial charge in [0.25, 0.3) is 5.91 Å². The second-order valence-electron chi connectivity index (χ2n) is 4.48. The summed E-state index contributed by atoms with van der Waals surface area (Å²) in [5.41, 5.74) is 1.24. The molecule has 1 saturated heterocycles. The first-order valence-corrected chi connectivity index (χ1v) is 5.36. The van der Waals surface area contributed by atoms with Crippen LogP contribution in [0.2, 0.25) is 0 Å². The smallest absolute Gasteiger partial charge is 0.319 e. The van der Waals surface area contributed by atoms with E-state index in [1.54, 1.807) is 0 Å². The molecule has 1 aromatic carbocycles. The number of fused-ring (bicyclic) bond motifs is 2. The Hall–Kier alpha value is -1.84. The zero-order chi connectivity index (χ0) is 11.3. The molecule has 0 bridgehead atoms. The van der Waals surface area contributed by atoms with Crippen LogP contribution in [-0.4, -0.2) is 11.9 Å². The number of urea groups is 1. The van der Waals surface area contributed by atoms with E-state index in [-0.39, 0.29) is 11.8 Å². The lowest BCUT2D eigenvalue weighted by atomic mass is 9.85. The molecule has 4 nitrogen and oxygen atoms in total. The lowest BCUT2D eigenvalue weighted by Gasteiger charge is -2.26. The Balaban J connectivity index is 2.21. The average molecular weight is 216 g/mol. The lowest BCUT2D eigenvalue weighted by Crippen LogP contribution is -2.46. The van der Waals surface area contributed by atoms with Crippen molar-refractivity contribution in [3.8, 4) is 0 Å². The fourth-order valence-corrected chi connectivity index (χ4v) is 2.84. The van der Waals surface area contributed by atoms with Crippen molar-refractivity contribution in [1.82, 2.24) is 10.6 Å². The van der Waals surface area contributed by atoms with Crippen LogP contribution in [0.5, 0.6) is 0 Å². The van der Waals surface area contributed by atoms with Crippen molar-refractivity contribution < 1.29 is 9.59 Å². The molecule has 1 spiro atoms. The van der Waals surface area contributed by atoms with Crippen LogP contribution in [0.1, 0.15) is 18.1 Å². The summed E-state index contributed by atoms with van der Waals surface area (Å²) < 4.78 is 0. The maximum Gasteiger partial charge on any atom is 0.322 e. The second kappa shape index (κ2) is 2.84. The van der Waals surface area contributed by atoms with Gasteiger partial charge in [0.05, 0.1) is 0 Å². The predicted octanol–water partition coefficient (Wildman–Crippen LogP) is 0.913. The highest BCUT2D eigenvalue weighted by Crippen LogP contribution is 2.42. The zero-order valence-electron chi connectivity index (χ0n) is 8.91. The van der Waals surface area contributed by atoms with Gasteiger partial charge in [-0.15, -0.1) is 0 Å². The Morgan fingerprint density at radius 3 is 2.75 bits per heavy atom. The number of amides is 3. The van der Waals surface area contributed by atoms with E-state index in [1.165, 1.54) is 0 Å². The molecule has 2 atom stereocenters. The molecule has 2 aliphatic rings. The molecule has 0 radical (unpaired) electrons. The van der Waals surface area contributed by atoms with Gasteiger partial charge < -0.3 is 5.32 Å². The second-order valence-corrected chi connectivity index (χ2v) is 4.48. The third kappa shape index (κ3) is 0.939.